The molecule has 0 aromatic rings. The molecule has 94 valence electrons. The molecule has 17 heavy (non-hydrogen) atoms. The first-order valence-corrected chi connectivity index (χ1v) is 3.95. The molecule has 0 heterocycles. The van der Waals surface area contributed by atoms with Crippen LogP contribution in [0.1, 0.15) is 13.3 Å². The molecule has 0 saturated heterocycles. The zero-order valence-electron chi connectivity index (χ0n) is 8.95. The zero-order valence-corrected chi connectivity index (χ0v) is 10.9. The van der Waals surface area contributed by atoms with E-state index in [0.29, 0.717) is 6.92 Å². The topological polar surface area (TPSA) is 40.1 Å². The molecule has 0 radical (unpaired) electrons. The molecule has 1 unspecified atom stereocenters. The van der Waals surface area contributed by atoms with E-state index in [-0.39, 0.29) is 29.6 Å². The number of rotatable bonds is 4. The molecular formula is C8H7F6NaO2. The van der Waals surface area contributed by atoms with Gasteiger partial charge >= 0.3 is 35.7 Å². The predicted octanol–water partition coefficient (Wildman–Crippen LogP) is -1.39. The maximum absolute atomic E-state index is 12.7. The average molecular weight is 272 g/mol. The van der Waals surface area contributed by atoms with Gasteiger partial charge in [-0.25, -0.2) is 4.39 Å². The fourth-order valence-corrected chi connectivity index (χ4v) is 0.777. The van der Waals surface area contributed by atoms with Gasteiger partial charge in [0.15, 0.2) is 6.17 Å². The number of hydrogen-bond donors (Lipinski definition) is 0. The van der Waals surface area contributed by atoms with Crippen molar-refractivity contribution in [3.05, 3.63) is 11.6 Å². The third-order valence-corrected chi connectivity index (χ3v) is 1.56. The number of carboxylic acid groups (broad SMARTS) is 1. The quantitative estimate of drug-likeness (QED) is 0.359. The summed E-state index contributed by atoms with van der Waals surface area (Å²) in [5.41, 5.74) is -1.03. The van der Waals surface area contributed by atoms with Crippen molar-refractivity contribution in [3.63, 3.8) is 0 Å². The third-order valence-electron chi connectivity index (χ3n) is 1.56. The first-order valence-electron chi connectivity index (χ1n) is 3.95. The maximum atomic E-state index is 12.7. The Morgan fingerprint density at radius 2 is 1.71 bits per heavy atom. The van der Waals surface area contributed by atoms with Gasteiger partial charge in [0.2, 0.25) is 0 Å². The molecule has 9 heteroatoms. The Kier molecular flexibility index (Phi) is 7.49. The fourth-order valence-electron chi connectivity index (χ4n) is 0.777. The molecule has 0 N–H and O–H groups in total. The van der Waals surface area contributed by atoms with E-state index in [4.69, 9.17) is 0 Å². The normalized spacial score (nSPS) is 15.1. The number of hydrogen-bond acceptors (Lipinski definition) is 2. The monoisotopic (exact) mass is 272 g/mol. The minimum atomic E-state index is -5.09. The number of carboxylic acids is 1. The molecule has 0 aliphatic rings. The molecule has 0 saturated carbocycles. The second-order valence-corrected chi connectivity index (χ2v) is 3.08. The van der Waals surface area contributed by atoms with E-state index in [1.54, 1.807) is 0 Å². The minimum absolute atomic E-state index is 0. The first-order chi connectivity index (χ1) is 6.96. The van der Waals surface area contributed by atoms with Gasteiger partial charge in [0.1, 0.15) is 0 Å². The molecule has 0 amide bonds. The Morgan fingerprint density at radius 3 is 2.00 bits per heavy atom. The summed E-state index contributed by atoms with van der Waals surface area (Å²) in [6, 6.07) is 0. The van der Waals surface area contributed by atoms with Crippen molar-refractivity contribution in [2.45, 2.75) is 31.6 Å². The van der Waals surface area contributed by atoms with Gasteiger partial charge < -0.3 is 9.90 Å². The first kappa shape index (κ1) is 19.1. The van der Waals surface area contributed by atoms with Crippen LogP contribution in [0.25, 0.3) is 0 Å². The molecule has 0 spiro atoms. The van der Waals surface area contributed by atoms with Crippen LogP contribution in [0.15, 0.2) is 11.6 Å². The van der Waals surface area contributed by atoms with Crippen molar-refractivity contribution < 1.29 is 65.8 Å². The van der Waals surface area contributed by atoms with Crippen LogP contribution in [0, 0.1) is 0 Å². The Morgan fingerprint density at radius 1 is 1.29 bits per heavy atom. The van der Waals surface area contributed by atoms with E-state index >= 15 is 0 Å². The SMILES string of the molecule is CC(=CC(F)(F)C(F)CC(F)(F)F)C(=O)[O-].[Na+]. The number of aliphatic carboxylic acids is 1. The molecule has 1 atom stereocenters. The number of alkyl halides is 6. The van der Waals surface area contributed by atoms with E-state index in [9.17, 15) is 36.2 Å². The largest absolute Gasteiger partial charge is 1.00 e. The van der Waals surface area contributed by atoms with Crippen LogP contribution < -0.4 is 34.7 Å². The molecule has 0 aromatic carbocycles. The van der Waals surface area contributed by atoms with Crippen LogP contribution in [0.3, 0.4) is 0 Å². The van der Waals surface area contributed by atoms with Gasteiger partial charge in [0.05, 0.1) is 12.4 Å². The van der Waals surface area contributed by atoms with Gasteiger partial charge in [-0.3, -0.25) is 0 Å². The van der Waals surface area contributed by atoms with Crippen LogP contribution in [0.5, 0.6) is 0 Å². The van der Waals surface area contributed by atoms with Crippen LogP contribution in [-0.2, 0) is 4.79 Å². The van der Waals surface area contributed by atoms with E-state index < -0.39 is 42.3 Å². The number of halogens is 6. The summed E-state index contributed by atoms with van der Waals surface area (Å²) in [4.78, 5) is 10.0. The van der Waals surface area contributed by atoms with Crippen molar-refractivity contribution in [1.29, 1.82) is 0 Å². The Balaban J connectivity index is 0. The van der Waals surface area contributed by atoms with E-state index in [0.717, 1.165) is 0 Å². The average Bonchev–Trinajstić information content (AvgIpc) is 1.99. The van der Waals surface area contributed by atoms with Gasteiger partial charge in [-0.15, -0.1) is 0 Å². The minimum Gasteiger partial charge on any atom is -0.545 e. The summed E-state index contributed by atoms with van der Waals surface area (Å²) in [7, 11) is 0. The zero-order chi connectivity index (χ0) is 13.1. The van der Waals surface area contributed by atoms with Crippen LogP contribution in [0.2, 0.25) is 0 Å². The Hall–Kier alpha value is -0.210. The number of carbonyl (C=O) groups is 1. The number of carbonyl (C=O) groups excluding carboxylic acids is 1. The number of allylic oxidation sites excluding steroid dienone is 1. The van der Waals surface area contributed by atoms with Crippen molar-refractivity contribution in [1.82, 2.24) is 0 Å². The molecule has 0 rings (SSSR count). The molecule has 2 nitrogen and oxygen atoms in total. The van der Waals surface area contributed by atoms with E-state index in [1.165, 1.54) is 0 Å². The van der Waals surface area contributed by atoms with Crippen molar-refractivity contribution in [2.24, 2.45) is 0 Å². The van der Waals surface area contributed by atoms with Gasteiger partial charge in [-0.1, -0.05) is 0 Å². The van der Waals surface area contributed by atoms with Gasteiger partial charge in [-0.05, 0) is 18.6 Å². The molecular weight excluding hydrogens is 265 g/mol. The van der Waals surface area contributed by atoms with Crippen molar-refractivity contribution in [3.8, 4) is 0 Å². The summed E-state index contributed by atoms with van der Waals surface area (Å²) < 4.78 is 72.8. The van der Waals surface area contributed by atoms with Crippen LogP contribution in [0.4, 0.5) is 26.3 Å². The molecule has 0 aromatic heterocycles. The van der Waals surface area contributed by atoms with Gasteiger partial charge in [0.25, 0.3) is 5.92 Å². The Labute approximate surface area is 115 Å². The summed E-state index contributed by atoms with van der Waals surface area (Å²) >= 11 is 0. The van der Waals surface area contributed by atoms with E-state index in [1.807, 2.05) is 0 Å². The molecule has 0 aliphatic carbocycles. The smallest absolute Gasteiger partial charge is 0.545 e. The summed E-state index contributed by atoms with van der Waals surface area (Å²) in [6.07, 6.45) is -11.4. The third kappa shape index (κ3) is 7.67. The van der Waals surface area contributed by atoms with Gasteiger partial charge in [-0.2, -0.15) is 22.0 Å². The van der Waals surface area contributed by atoms with Crippen LogP contribution >= 0.6 is 0 Å². The molecule has 0 aliphatic heterocycles. The fraction of sp³-hybridized carbons (Fsp3) is 0.625. The maximum Gasteiger partial charge on any atom is 1.00 e. The summed E-state index contributed by atoms with van der Waals surface area (Å²) in [5, 5.41) is 10.0. The second kappa shape index (κ2) is 6.65. The second-order valence-electron chi connectivity index (χ2n) is 3.08. The summed E-state index contributed by atoms with van der Waals surface area (Å²) in [5.74, 6) is -6.50. The Bertz CT molecular complexity index is 299. The summed E-state index contributed by atoms with van der Waals surface area (Å²) in [6.45, 7) is 0.670. The predicted molar refractivity (Wildman–Crippen MR) is 39.3 cm³/mol. The van der Waals surface area contributed by atoms with E-state index in [2.05, 4.69) is 0 Å². The molecule has 0 fully saturated rings. The van der Waals surface area contributed by atoms with Crippen molar-refractivity contribution in [2.75, 3.05) is 0 Å². The standard InChI is InChI=1S/C8H8F6O2.Na/c1-4(6(15)16)2-7(10,11)5(9)3-8(12,13)14;/h2,5H,3H2,1H3,(H,15,16);/q;+1/p-1. The van der Waals surface area contributed by atoms with Crippen LogP contribution in [-0.4, -0.2) is 24.2 Å². The van der Waals surface area contributed by atoms with Gasteiger partial charge in [0, 0.05) is 0 Å². The molecule has 0 bridgehead atoms. The van der Waals surface area contributed by atoms with Crippen molar-refractivity contribution >= 4 is 5.97 Å².